The van der Waals surface area contributed by atoms with Crippen molar-refractivity contribution in [2.24, 2.45) is 5.92 Å². The highest BCUT2D eigenvalue weighted by Gasteiger charge is 1.89. The fourth-order valence-corrected chi connectivity index (χ4v) is 0.353. The smallest absolute Gasteiger partial charge is 0.190 e. The quantitative estimate of drug-likeness (QED) is 0.317. The maximum atomic E-state index is 8.53. The summed E-state index contributed by atoms with van der Waals surface area (Å²) in [4.78, 5) is 0. The summed E-state index contributed by atoms with van der Waals surface area (Å²) >= 11 is 0. The Morgan fingerprint density at radius 3 is 2.38 bits per heavy atom. The van der Waals surface area contributed by atoms with Crippen LogP contribution in [0.5, 0.6) is 0 Å². The molecule has 0 aliphatic carbocycles. The van der Waals surface area contributed by atoms with Gasteiger partial charge in [-0.15, -0.1) is 0 Å². The van der Waals surface area contributed by atoms with Gasteiger partial charge >= 0.3 is 0 Å². The fourth-order valence-electron chi connectivity index (χ4n) is 0.353. The van der Waals surface area contributed by atoms with E-state index in [4.69, 9.17) is 10.4 Å². The highest BCUT2D eigenvalue weighted by molar-refractivity contribution is 5.11. The highest BCUT2D eigenvalue weighted by atomic mass is 16.3. The summed E-state index contributed by atoms with van der Waals surface area (Å²) in [6.07, 6.45) is 1.50. The molecule has 0 heterocycles. The van der Waals surface area contributed by atoms with Gasteiger partial charge in [0.05, 0.1) is 0 Å². The van der Waals surface area contributed by atoms with Gasteiger partial charge in [0.15, 0.2) is 5.76 Å². The highest BCUT2D eigenvalue weighted by Crippen LogP contribution is 1.96. The van der Waals surface area contributed by atoms with Crippen LogP contribution < -0.4 is 0 Å². The summed E-state index contributed by atoms with van der Waals surface area (Å²) in [7, 11) is 0. The van der Waals surface area contributed by atoms with E-state index in [1.807, 2.05) is 13.8 Å². The van der Waals surface area contributed by atoms with Crippen LogP contribution in [-0.2, 0) is 0 Å². The number of rotatable bonds is 1. The van der Waals surface area contributed by atoms with Gasteiger partial charge in [0.25, 0.3) is 0 Å². The van der Waals surface area contributed by atoms with Gasteiger partial charge in [-0.3, -0.25) is 0 Å². The summed E-state index contributed by atoms with van der Waals surface area (Å²) in [6, 6.07) is 1.61. The zero-order chi connectivity index (χ0) is 6.57. The van der Waals surface area contributed by atoms with E-state index < -0.39 is 0 Å². The lowest BCUT2D eigenvalue weighted by Crippen LogP contribution is -1.81. The van der Waals surface area contributed by atoms with Crippen molar-refractivity contribution in [3.05, 3.63) is 11.8 Å². The van der Waals surface area contributed by atoms with E-state index in [1.165, 1.54) is 6.08 Å². The number of hydrogen-bond donors (Lipinski definition) is 1. The van der Waals surface area contributed by atoms with Crippen LogP contribution in [0.2, 0.25) is 0 Å². The topological polar surface area (TPSA) is 44.0 Å². The van der Waals surface area contributed by atoms with Crippen molar-refractivity contribution in [2.75, 3.05) is 0 Å². The Morgan fingerprint density at radius 1 is 1.75 bits per heavy atom. The first-order chi connectivity index (χ1) is 3.66. The minimum Gasteiger partial charge on any atom is -0.500 e. The molecule has 0 aliphatic heterocycles. The third-order valence-electron chi connectivity index (χ3n) is 0.606. The number of nitriles is 1. The van der Waals surface area contributed by atoms with Gasteiger partial charge in [-0.1, -0.05) is 13.8 Å². The second kappa shape index (κ2) is 3.09. The second-order valence-electron chi connectivity index (χ2n) is 1.91. The number of aliphatic hydroxyl groups excluding tert-OH is 1. The van der Waals surface area contributed by atoms with Gasteiger partial charge in [0.2, 0.25) is 0 Å². The molecule has 0 unspecified atom stereocenters. The summed E-state index contributed by atoms with van der Waals surface area (Å²) in [5.41, 5.74) is 0. The monoisotopic (exact) mass is 111 g/mol. The van der Waals surface area contributed by atoms with Crippen molar-refractivity contribution in [3.63, 3.8) is 0 Å². The Bertz CT molecular complexity index is 130. The lowest BCUT2D eigenvalue weighted by Gasteiger charge is -1.90. The van der Waals surface area contributed by atoms with E-state index in [0.717, 1.165) is 0 Å². The molecule has 0 aliphatic rings. The van der Waals surface area contributed by atoms with E-state index in [-0.39, 0.29) is 11.7 Å². The lowest BCUT2D eigenvalue weighted by molar-refractivity contribution is 0.430. The molecule has 0 aromatic heterocycles. The van der Waals surface area contributed by atoms with Crippen molar-refractivity contribution >= 4 is 0 Å². The minimum absolute atomic E-state index is 0.194. The Balaban J connectivity index is 3.80. The van der Waals surface area contributed by atoms with Gasteiger partial charge in [0.1, 0.15) is 6.07 Å². The van der Waals surface area contributed by atoms with Gasteiger partial charge in [-0.05, 0) is 12.0 Å². The molecule has 0 fully saturated rings. The molecule has 44 valence electrons. The van der Waals surface area contributed by atoms with Gasteiger partial charge in [0, 0.05) is 0 Å². The molecular weight excluding hydrogens is 102 g/mol. The third kappa shape index (κ3) is 3.23. The van der Waals surface area contributed by atoms with Crippen molar-refractivity contribution in [1.29, 1.82) is 5.26 Å². The molecule has 2 nitrogen and oxygen atoms in total. The summed E-state index contributed by atoms with van der Waals surface area (Å²) in [5.74, 6) is 0.0506. The van der Waals surface area contributed by atoms with Crippen molar-refractivity contribution in [1.82, 2.24) is 0 Å². The predicted molar refractivity (Wildman–Crippen MR) is 31.2 cm³/mol. The van der Waals surface area contributed by atoms with Crippen LogP contribution in [0.1, 0.15) is 13.8 Å². The second-order valence-corrected chi connectivity index (χ2v) is 1.91. The molecule has 2 heteroatoms. The molecule has 8 heavy (non-hydrogen) atoms. The minimum atomic E-state index is -0.194. The largest absolute Gasteiger partial charge is 0.500 e. The molecule has 0 atom stereocenters. The number of allylic oxidation sites excluding steroid dienone is 2. The van der Waals surface area contributed by atoms with Crippen LogP contribution in [0.25, 0.3) is 0 Å². The third-order valence-corrected chi connectivity index (χ3v) is 0.606. The average molecular weight is 111 g/mol. The van der Waals surface area contributed by atoms with Crippen LogP contribution >= 0.6 is 0 Å². The Hall–Kier alpha value is -0.970. The van der Waals surface area contributed by atoms with Gasteiger partial charge in [-0.25, -0.2) is 0 Å². The number of nitrogens with zero attached hydrogens (tertiary/aromatic N) is 1. The fraction of sp³-hybridized carbons (Fsp3) is 0.500. The van der Waals surface area contributed by atoms with E-state index in [0.29, 0.717) is 0 Å². The number of hydrogen-bond acceptors (Lipinski definition) is 2. The zero-order valence-electron chi connectivity index (χ0n) is 5.05. The lowest BCUT2D eigenvalue weighted by atomic mass is 10.2. The molecule has 0 bridgehead atoms. The average Bonchev–Trinajstić information content (AvgIpc) is 1.65. The first-order valence-corrected chi connectivity index (χ1v) is 2.47. The van der Waals surface area contributed by atoms with Crippen LogP contribution in [0, 0.1) is 17.2 Å². The van der Waals surface area contributed by atoms with E-state index >= 15 is 0 Å². The first-order valence-electron chi connectivity index (χ1n) is 2.47. The van der Waals surface area contributed by atoms with E-state index in [2.05, 4.69) is 0 Å². The van der Waals surface area contributed by atoms with Crippen molar-refractivity contribution < 1.29 is 5.11 Å². The summed E-state index contributed by atoms with van der Waals surface area (Å²) in [6.45, 7) is 3.79. The van der Waals surface area contributed by atoms with Crippen molar-refractivity contribution in [2.45, 2.75) is 13.8 Å². The molecule has 0 rings (SSSR count). The molecule has 0 saturated carbocycles. The molecule has 0 aromatic carbocycles. The normalized spacial score (nSPS) is 11.5. The predicted octanol–water partition coefficient (Wildman–Crippen LogP) is 1.61. The van der Waals surface area contributed by atoms with E-state index in [9.17, 15) is 0 Å². The Kier molecular flexibility index (Phi) is 2.71. The summed E-state index contributed by atoms with van der Waals surface area (Å²) < 4.78 is 0. The maximum Gasteiger partial charge on any atom is 0.190 e. The Labute approximate surface area is 49.1 Å². The molecular formula is C6H9NO. The molecule has 1 N–H and O–H groups in total. The van der Waals surface area contributed by atoms with Gasteiger partial charge < -0.3 is 5.11 Å². The maximum absolute atomic E-state index is 8.53. The van der Waals surface area contributed by atoms with Crippen molar-refractivity contribution in [3.8, 4) is 6.07 Å². The first kappa shape index (κ1) is 7.03. The molecule has 0 aromatic rings. The number of aliphatic hydroxyl groups is 1. The summed E-state index contributed by atoms with van der Waals surface area (Å²) in [5, 5.41) is 16.5. The van der Waals surface area contributed by atoms with Crippen LogP contribution in [0.4, 0.5) is 0 Å². The molecule has 0 saturated heterocycles. The van der Waals surface area contributed by atoms with Crippen LogP contribution in [0.3, 0.4) is 0 Å². The van der Waals surface area contributed by atoms with Crippen LogP contribution in [-0.4, -0.2) is 5.11 Å². The molecule has 0 radical (unpaired) electrons. The molecule has 0 spiro atoms. The van der Waals surface area contributed by atoms with E-state index in [1.54, 1.807) is 6.07 Å². The zero-order valence-corrected chi connectivity index (χ0v) is 5.05. The van der Waals surface area contributed by atoms with Crippen LogP contribution in [0.15, 0.2) is 11.8 Å². The SMILES string of the molecule is CC(C)/C=C(/O)C#N. The Morgan fingerprint density at radius 2 is 2.25 bits per heavy atom. The van der Waals surface area contributed by atoms with Gasteiger partial charge in [-0.2, -0.15) is 5.26 Å². The molecule has 0 amide bonds. The standard InChI is InChI=1S/C6H9NO/c1-5(2)3-6(8)4-7/h3,5,8H,1-2H3/b6-3+.